The third-order valence-corrected chi connectivity index (χ3v) is 4.50. The summed E-state index contributed by atoms with van der Waals surface area (Å²) in [5, 5.41) is 8.01. The molecule has 4 rings (SSSR count). The van der Waals surface area contributed by atoms with E-state index < -0.39 is 11.7 Å². The Morgan fingerprint density at radius 1 is 1.07 bits per heavy atom. The Morgan fingerprint density at radius 3 is 2.56 bits per heavy atom. The predicted molar refractivity (Wildman–Crippen MR) is 105 cm³/mol. The topological polar surface area (TPSA) is 46.9 Å². The fraction of sp³-hybridized carbons (Fsp3) is 0.0476. The molecule has 0 bridgehead atoms. The van der Waals surface area contributed by atoms with Crippen LogP contribution in [0.25, 0.3) is 16.6 Å². The molecule has 27 heavy (non-hydrogen) atoms. The third kappa shape index (κ3) is 3.29. The first kappa shape index (κ1) is 17.2. The molecule has 6 heteroatoms. The number of nitrogens with zero attached hydrogens (tertiary/aromatic N) is 2. The van der Waals surface area contributed by atoms with Crippen LogP contribution in [0, 0.1) is 12.7 Å². The van der Waals surface area contributed by atoms with Crippen molar-refractivity contribution < 1.29 is 9.18 Å². The van der Waals surface area contributed by atoms with E-state index in [0.717, 1.165) is 22.8 Å². The van der Waals surface area contributed by atoms with Crippen molar-refractivity contribution in [2.24, 2.45) is 0 Å². The van der Waals surface area contributed by atoms with Crippen molar-refractivity contribution in [3.05, 3.63) is 88.8 Å². The molecule has 0 saturated carbocycles. The highest BCUT2D eigenvalue weighted by molar-refractivity contribution is 6.30. The van der Waals surface area contributed by atoms with Crippen molar-refractivity contribution >= 4 is 34.1 Å². The van der Waals surface area contributed by atoms with Crippen LogP contribution in [-0.2, 0) is 0 Å². The summed E-state index contributed by atoms with van der Waals surface area (Å²) in [4.78, 5) is 12.8. The van der Waals surface area contributed by atoms with Crippen LogP contribution in [0.3, 0.4) is 0 Å². The van der Waals surface area contributed by atoms with Gasteiger partial charge in [0.05, 0.1) is 16.9 Å². The van der Waals surface area contributed by atoms with E-state index in [9.17, 15) is 9.18 Å². The quantitative estimate of drug-likeness (QED) is 0.519. The fourth-order valence-corrected chi connectivity index (χ4v) is 3.05. The first-order valence-electron chi connectivity index (χ1n) is 8.34. The lowest BCUT2D eigenvalue weighted by molar-refractivity contribution is 0.102. The zero-order valence-electron chi connectivity index (χ0n) is 14.4. The summed E-state index contributed by atoms with van der Waals surface area (Å²) in [6.45, 7) is 2.00. The average molecular weight is 380 g/mol. The predicted octanol–water partition coefficient (Wildman–Crippen LogP) is 5.38. The highest BCUT2D eigenvalue weighted by Crippen LogP contribution is 2.24. The number of carbonyl (C=O) groups excluding carboxylic acids is 1. The number of hydrogen-bond acceptors (Lipinski definition) is 2. The van der Waals surface area contributed by atoms with E-state index in [2.05, 4.69) is 10.4 Å². The van der Waals surface area contributed by atoms with E-state index in [0.29, 0.717) is 5.39 Å². The number of carbonyl (C=O) groups is 1. The minimum absolute atomic E-state index is 0.0540. The average Bonchev–Trinajstić information content (AvgIpc) is 3.04. The SMILES string of the molecule is Cc1ccc(-n2nc(C(=O)Nc3ccc(Cl)cc3F)c3ccccc32)cc1. The smallest absolute Gasteiger partial charge is 0.276 e. The molecule has 0 saturated heterocycles. The Labute approximate surface area is 160 Å². The number of anilines is 1. The molecule has 4 aromatic rings. The second kappa shape index (κ2) is 6.85. The fourth-order valence-electron chi connectivity index (χ4n) is 2.89. The van der Waals surface area contributed by atoms with Gasteiger partial charge in [0.15, 0.2) is 5.69 Å². The Balaban J connectivity index is 1.77. The number of benzene rings is 3. The number of para-hydroxylation sites is 1. The lowest BCUT2D eigenvalue weighted by Crippen LogP contribution is -2.14. The van der Waals surface area contributed by atoms with Crippen molar-refractivity contribution in [3.63, 3.8) is 0 Å². The van der Waals surface area contributed by atoms with Gasteiger partial charge in [-0.15, -0.1) is 0 Å². The molecule has 0 aliphatic heterocycles. The van der Waals surface area contributed by atoms with Gasteiger partial charge in [-0.1, -0.05) is 47.5 Å². The number of aromatic nitrogens is 2. The summed E-state index contributed by atoms with van der Waals surface area (Å²) in [5.74, 6) is -1.09. The van der Waals surface area contributed by atoms with E-state index in [1.54, 1.807) is 4.68 Å². The van der Waals surface area contributed by atoms with Crippen LogP contribution in [0.2, 0.25) is 5.02 Å². The third-order valence-electron chi connectivity index (χ3n) is 4.26. The zero-order valence-corrected chi connectivity index (χ0v) is 15.2. The largest absolute Gasteiger partial charge is 0.318 e. The van der Waals surface area contributed by atoms with Gasteiger partial charge in [-0.2, -0.15) is 5.10 Å². The van der Waals surface area contributed by atoms with Crippen molar-refractivity contribution in [3.8, 4) is 5.69 Å². The molecule has 1 N–H and O–H groups in total. The highest BCUT2D eigenvalue weighted by Gasteiger charge is 2.19. The number of rotatable bonds is 3. The van der Waals surface area contributed by atoms with E-state index in [-0.39, 0.29) is 16.4 Å². The van der Waals surface area contributed by atoms with Crippen LogP contribution >= 0.6 is 11.6 Å². The molecule has 0 aliphatic rings. The van der Waals surface area contributed by atoms with Crippen molar-refractivity contribution in [2.45, 2.75) is 6.92 Å². The van der Waals surface area contributed by atoms with Crippen molar-refractivity contribution in [1.29, 1.82) is 0 Å². The van der Waals surface area contributed by atoms with Crippen LogP contribution < -0.4 is 5.32 Å². The van der Waals surface area contributed by atoms with Crippen LogP contribution in [0.5, 0.6) is 0 Å². The monoisotopic (exact) mass is 379 g/mol. The van der Waals surface area contributed by atoms with Gasteiger partial charge in [0, 0.05) is 10.4 Å². The van der Waals surface area contributed by atoms with E-state index in [1.165, 1.54) is 12.1 Å². The molecule has 1 aromatic heterocycles. The molecule has 1 amide bonds. The molecule has 1 heterocycles. The first-order chi connectivity index (χ1) is 13.0. The van der Waals surface area contributed by atoms with Gasteiger partial charge in [-0.3, -0.25) is 4.79 Å². The number of nitrogens with one attached hydrogen (secondary N) is 1. The Bertz CT molecular complexity index is 1150. The second-order valence-corrected chi connectivity index (χ2v) is 6.63. The number of aryl methyl sites for hydroxylation is 1. The lowest BCUT2D eigenvalue weighted by Gasteiger charge is -2.05. The molecule has 134 valence electrons. The molecule has 0 atom stereocenters. The molecular formula is C21H15ClFN3O. The minimum atomic E-state index is -0.599. The Morgan fingerprint density at radius 2 is 1.81 bits per heavy atom. The van der Waals surface area contributed by atoms with Crippen molar-refractivity contribution in [2.75, 3.05) is 5.32 Å². The van der Waals surface area contributed by atoms with Crippen LogP contribution in [-0.4, -0.2) is 15.7 Å². The maximum Gasteiger partial charge on any atom is 0.276 e. The standard InChI is InChI=1S/C21H15ClFN3O/c1-13-6-9-15(10-7-13)26-19-5-3-2-4-16(19)20(25-26)21(27)24-18-11-8-14(22)12-17(18)23/h2-12H,1H3,(H,24,27). The summed E-state index contributed by atoms with van der Waals surface area (Å²) in [6, 6.07) is 19.4. The number of hydrogen-bond donors (Lipinski definition) is 1. The van der Waals surface area contributed by atoms with E-state index in [4.69, 9.17) is 11.6 Å². The number of halogens is 2. The van der Waals surface area contributed by atoms with Crippen LogP contribution in [0.4, 0.5) is 10.1 Å². The Hall–Kier alpha value is -3.18. The summed E-state index contributed by atoms with van der Waals surface area (Å²) in [7, 11) is 0. The molecule has 4 nitrogen and oxygen atoms in total. The molecule has 0 radical (unpaired) electrons. The normalized spacial score (nSPS) is 10.9. The molecule has 0 spiro atoms. The second-order valence-electron chi connectivity index (χ2n) is 6.19. The van der Waals surface area contributed by atoms with Crippen LogP contribution in [0.15, 0.2) is 66.7 Å². The van der Waals surface area contributed by atoms with Gasteiger partial charge in [0.2, 0.25) is 0 Å². The van der Waals surface area contributed by atoms with E-state index >= 15 is 0 Å². The van der Waals surface area contributed by atoms with E-state index in [1.807, 2.05) is 55.5 Å². The Kier molecular flexibility index (Phi) is 4.38. The van der Waals surface area contributed by atoms with Gasteiger partial charge in [0.1, 0.15) is 5.82 Å². The highest BCUT2D eigenvalue weighted by atomic mass is 35.5. The zero-order chi connectivity index (χ0) is 19.0. The lowest BCUT2D eigenvalue weighted by atomic mass is 10.2. The van der Waals surface area contributed by atoms with Gasteiger partial charge < -0.3 is 5.32 Å². The maximum absolute atomic E-state index is 14.0. The summed E-state index contributed by atoms with van der Waals surface area (Å²) in [5.41, 5.74) is 3.04. The van der Waals surface area contributed by atoms with Gasteiger partial charge in [-0.05, 0) is 43.3 Å². The summed E-state index contributed by atoms with van der Waals surface area (Å²) in [6.07, 6.45) is 0. The molecule has 0 unspecified atom stereocenters. The van der Waals surface area contributed by atoms with Crippen LogP contribution in [0.1, 0.15) is 16.1 Å². The van der Waals surface area contributed by atoms with Gasteiger partial charge >= 0.3 is 0 Å². The molecule has 0 fully saturated rings. The van der Waals surface area contributed by atoms with Gasteiger partial charge in [-0.25, -0.2) is 9.07 Å². The first-order valence-corrected chi connectivity index (χ1v) is 8.72. The number of amides is 1. The minimum Gasteiger partial charge on any atom is -0.318 e. The number of fused-ring (bicyclic) bond motifs is 1. The van der Waals surface area contributed by atoms with Gasteiger partial charge in [0.25, 0.3) is 5.91 Å². The molecule has 3 aromatic carbocycles. The maximum atomic E-state index is 14.0. The summed E-state index contributed by atoms with van der Waals surface area (Å²) < 4.78 is 15.7. The summed E-state index contributed by atoms with van der Waals surface area (Å²) >= 11 is 5.76. The van der Waals surface area contributed by atoms with Crippen molar-refractivity contribution in [1.82, 2.24) is 9.78 Å². The molecular weight excluding hydrogens is 365 g/mol. The molecule has 0 aliphatic carbocycles.